The van der Waals surface area contributed by atoms with E-state index in [1.54, 1.807) is 30.7 Å². The topological polar surface area (TPSA) is 78.7 Å². The third kappa shape index (κ3) is 3.89. The molecule has 1 N–H and O–H groups in total. The van der Waals surface area contributed by atoms with Crippen molar-refractivity contribution < 1.29 is 4.79 Å². The molecule has 2 aromatic rings. The van der Waals surface area contributed by atoms with E-state index in [9.17, 15) is 4.79 Å². The number of nitrogens with zero attached hydrogens (tertiary/aromatic N) is 3. The van der Waals surface area contributed by atoms with Gasteiger partial charge in [0.05, 0.1) is 18.2 Å². The summed E-state index contributed by atoms with van der Waals surface area (Å²) in [5.74, 6) is -0.157. The standard InChI is InChI=1S/C15H14N4O/c16-6-3-14-10-13(5-9-18-14)15(20)19-8-4-12-2-1-7-17-11-12/h1-2,5,7,9-11H,3-4,8H2,(H,19,20). The van der Waals surface area contributed by atoms with E-state index in [1.165, 1.54) is 0 Å². The Balaban J connectivity index is 1.89. The summed E-state index contributed by atoms with van der Waals surface area (Å²) in [6.07, 6.45) is 5.98. The van der Waals surface area contributed by atoms with Crippen LogP contribution in [0.4, 0.5) is 0 Å². The normalized spacial score (nSPS) is 9.75. The van der Waals surface area contributed by atoms with E-state index in [1.807, 2.05) is 18.2 Å². The van der Waals surface area contributed by atoms with Gasteiger partial charge in [0.1, 0.15) is 0 Å². The molecule has 2 heterocycles. The molecular formula is C15H14N4O. The van der Waals surface area contributed by atoms with Gasteiger partial charge >= 0.3 is 0 Å². The number of hydrogen-bond acceptors (Lipinski definition) is 4. The van der Waals surface area contributed by atoms with Crippen molar-refractivity contribution in [3.63, 3.8) is 0 Å². The van der Waals surface area contributed by atoms with E-state index in [-0.39, 0.29) is 12.3 Å². The fourth-order valence-corrected chi connectivity index (χ4v) is 1.77. The van der Waals surface area contributed by atoms with Crippen LogP contribution in [-0.4, -0.2) is 22.4 Å². The third-order valence-electron chi connectivity index (χ3n) is 2.76. The molecule has 0 bridgehead atoms. The van der Waals surface area contributed by atoms with Crippen LogP contribution in [0, 0.1) is 11.3 Å². The summed E-state index contributed by atoms with van der Waals surface area (Å²) >= 11 is 0. The molecular weight excluding hydrogens is 252 g/mol. The second kappa shape index (κ2) is 7.00. The highest BCUT2D eigenvalue weighted by Crippen LogP contribution is 2.03. The van der Waals surface area contributed by atoms with Crippen LogP contribution in [0.2, 0.25) is 0 Å². The van der Waals surface area contributed by atoms with Gasteiger partial charge in [-0.25, -0.2) is 0 Å². The molecule has 0 aliphatic rings. The van der Waals surface area contributed by atoms with E-state index in [2.05, 4.69) is 15.3 Å². The number of rotatable bonds is 5. The lowest BCUT2D eigenvalue weighted by atomic mass is 10.2. The van der Waals surface area contributed by atoms with Gasteiger partial charge in [-0.3, -0.25) is 14.8 Å². The largest absolute Gasteiger partial charge is 0.352 e. The van der Waals surface area contributed by atoms with E-state index in [0.29, 0.717) is 17.8 Å². The van der Waals surface area contributed by atoms with Gasteiger partial charge in [-0.05, 0) is 30.2 Å². The molecule has 2 rings (SSSR count). The van der Waals surface area contributed by atoms with E-state index in [4.69, 9.17) is 5.26 Å². The average molecular weight is 266 g/mol. The summed E-state index contributed by atoms with van der Waals surface area (Å²) in [4.78, 5) is 20.0. The molecule has 0 spiro atoms. The number of carbonyl (C=O) groups excluding carboxylic acids is 1. The zero-order valence-electron chi connectivity index (χ0n) is 10.9. The molecule has 2 aromatic heterocycles. The number of nitrogens with one attached hydrogen (secondary N) is 1. The van der Waals surface area contributed by atoms with Crippen LogP contribution >= 0.6 is 0 Å². The lowest BCUT2D eigenvalue weighted by Gasteiger charge is -2.05. The second-order valence-electron chi connectivity index (χ2n) is 4.24. The quantitative estimate of drug-likeness (QED) is 0.889. The van der Waals surface area contributed by atoms with Gasteiger partial charge in [0.15, 0.2) is 0 Å². The van der Waals surface area contributed by atoms with Crippen molar-refractivity contribution in [3.05, 3.63) is 59.7 Å². The fraction of sp³-hybridized carbons (Fsp3) is 0.200. The molecule has 0 saturated heterocycles. The first-order valence-electron chi connectivity index (χ1n) is 6.28. The smallest absolute Gasteiger partial charge is 0.251 e. The maximum absolute atomic E-state index is 12.0. The molecule has 0 saturated carbocycles. The summed E-state index contributed by atoms with van der Waals surface area (Å²) in [6.45, 7) is 0.542. The predicted molar refractivity (Wildman–Crippen MR) is 73.8 cm³/mol. The monoisotopic (exact) mass is 266 g/mol. The Kier molecular flexibility index (Phi) is 4.79. The van der Waals surface area contributed by atoms with Crippen LogP contribution in [0.1, 0.15) is 21.6 Å². The summed E-state index contributed by atoms with van der Waals surface area (Å²) in [5.41, 5.74) is 2.21. The first-order valence-corrected chi connectivity index (χ1v) is 6.28. The molecule has 1 amide bonds. The highest BCUT2D eigenvalue weighted by molar-refractivity contribution is 5.94. The highest BCUT2D eigenvalue weighted by Gasteiger charge is 2.06. The minimum absolute atomic E-state index is 0.157. The zero-order chi connectivity index (χ0) is 14.2. The van der Waals surface area contributed by atoms with Crippen LogP contribution in [0.15, 0.2) is 42.9 Å². The third-order valence-corrected chi connectivity index (χ3v) is 2.76. The van der Waals surface area contributed by atoms with Crippen LogP contribution in [0.5, 0.6) is 0 Å². The molecule has 0 unspecified atom stereocenters. The first kappa shape index (κ1) is 13.7. The molecule has 5 nitrogen and oxygen atoms in total. The van der Waals surface area contributed by atoms with Gasteiger partial charge in [0, 0.05) is 30.7 Å². The van der Waals surface area contributed by atoms with E-state index < -0.39 is 0 Å². The Morgan fingerprint density at radius 2 is 2.25 bits per heavy atom. The molecule has 0 radical (unpaired) electrons. The minimum atomic E-state index is -0.157. The Bertz CT molecular complexity index is 619. The fourth-order valence-electron chi connectivity index (χ4n) is 1.77. The lowest BCUT2D eigenvalue weighted by Crippen LogP contribution is -2.25. The average Bonchev–Trinajstić information content (AvgIpc) is 2.49. The summed E-state index contributed by atoms with van der Waals surface area (Å²) in [7, 11) is 0. The maximum Gasteiger partial charge on any atom is 0.251 e. The minimum Gasteiger partial charge on any atom is -0.352 e. The molecule has 0 atom stereocenters. The lowest BCUT2D eigenvalue weighted by molar-refractivity contribution is 0.0954. The molecule has 0 fully saturated rings. The number of amides is 1. The number of pyridine rings is 2. The van der Waals surface area contributed by atoms with Crippen LogP contribution < -0.4 is 5.32 Å². The molecule has 0 aromatic carbocycles. The van der Waals surface area contributed by atoms with Crippen molar-refractivity contribution in [1.29, 1.82) is 5.26 Å². The number of carbonyl (C=O) groups is 1. The molecule has 5 heteroatoms. The summed E-state index contributed by atoms with van der Waals surface area (Å²) in [5, 5.41) is 11.5. The van der Waals surface area contributed by atoms with Crippen molar-refractivity contribution in [2.75, 3.05) is 6.54 Å². The summed E-state index contributed by atoms with van der Waals surface area (Å²) < 4.78 is 0. The maximum atomic E-state index is 12.0. The number of hydrogen-bond donors (Lipinski definition) is 1. The first-order chi connectivity index (χ1) is 9.79. The summed E-state index contributed by atoms with van der Waals surface area (Å²) in [6, 6.07) is 9.13. The van der Waals surface area contributed by atoms with Crippen LogP contribution in [0.3, 0.4) is 0 Å². The Morgan fingerprint density at radius 1 is 1.35 bits per heavy atom. The van der Waals surface area contributed by atoms with Gasteiger partial charge in [-0.1, -0.05) is 6.07 Å². The van der Waals surface area contributed by atoms with Gasteiger partial charge in [0.25, 0.3) is 5.91 Å². The van der Waals surface area contributed by atoms with Gasteiger partial charge in [0.2, 0.25) is 0 Å². The number of nitriles is 1. The predicted octanol–water partition coefficient (Wildman–Crippen LogP) is 1.52. The van der Waals surface area contributed by atoms with Crippen molar-refractivity contribution in [2.24, 2.45) is 0 Å². The highest BCUT2D eigenvalue weighted by atomic mass is 16.1. The molecule has 0 aliphatic heterocycles. The van der Waals surface area contributed by atoms with Crippen LogP contribution in [-0.2, 0) is 12.8 Å². The number of aromatic nitrogens is 2. The van der Waals surface area contributed by atoms with Gasteiger partial charge < -0.3 is 5.32 Å². The van der Waals surface area contributed by atoms with Crippen molar-refractivity contribution in [1.82, 2.24) is 15.3 Å². The van der Waals surface area contributed by atoms with Gasteiger partial charge in [-0.15, -0.1) is 0 Å². The van der Waals surface area contributed by atoms with Crippen molar-refractivity contribution in [2.45, 2.75) is 12.8 Å². The SMILES string of the molecule is N#CCc1cc(C(=O)NCCc2cccnc2)ccn1. The second-order valence-corrected chi connectivity index (χ2v) is 4.24. The van der Waals surface area contributed by atoms with Crippen LogP contribution in [0.25, 0.3) is 0 Å². The molecule has 0 aliphatic carbocycles. The Hall–Kier alpha value is -2.74. The van der Waals surface area contributed by atoms with E-state index in [0.717, 1.165) is 12.0 Å². The Morgan fingerprint density at radius 3 is 3.00 bits per heavy atom. The Labute approximate surface area is 117 Å². The zero-order valence-corrected chi connectivity index (χ0v) is 10.9. The molecule has 100 valence electrons. The van der Waals surface area contributed by atoms with E-state index >= 15 is 0 Å². The van der Waals surface area contributed by atoms with Crippen molar-refractivity contribution >= 4 is 5.91 Å². The van der Waals surface area contributed by atoms with Gasteiger partial charge in [-0.2, -0.15) is 5.26 Å². The van der Waals surface area contributed by atoms with Crippen molar-refractivity contribution in [3.8, 4) is 6.07 Å². The molecule has 20 heavy (non-hydrogen) atoms.